The van der Waals surface area contributed by atoms with Crippen LogP contribution in [0.15, 0.2) is 42.5 Å². The lowest BCUT2D eigenvalue weighted by Crippen LogP contribution is -2.50. The van der Waals surface area contributed by atoms with Crippen molar-refractivity contribution < 1.29 is 17.9 Å². The van der Waals surface area contributed by atoms with Gasteiger partial charge >= 0.3 is 0 Å². The number of nitrogens with zero attached hydrogens (tertiary/aromatic N) is 1. The van der Waals surface area contributed by atoms with Gasteiger partial charge in [0, 0.05) is 0 Å². The third-order valence-electron chi connectivity index (χ3n) is 4.45. The summed E-state index contributed by atoms with van der Waals surface area (Å²) < 4.78 is 31.8. The van der Waals surface area contributed by atoms with Crippen LogP contribution in [0.4, 0.5) is 5.69 Å². The monoisotopic (exact) mass is 418 g/mol. The molecule has 0 fully saturated rings. The number of aryl methyl sites for hydroxylation is 3. The van der Waals surface area contributed by atoms with E-state index < -0.39 is 16.1 Å². The van der Waals surface area contributed by atoms with Crippen LogP contribution in [0.5, 0.6) is 5.75 Å². The van der Waals surface area contributed by atoms with Crippen molar-refractivity contribution in [2.24, 2.45) is 0 Å². The molecule has 0 saturated heterocycles. The summed E-state index contributed by atoms with van der Waals surface area (Å²) in [5, 5.41) is 2.80. The molecule has 6 nitrogen and oxygen atoms in total. The minimum Gasteiger partial charge on any atom is -0.492 e. The van der Waals surface area contributed by atoms with E-state index in [0.29, 0.717) is 18.7 Å². The Kier molecular flexibility index (Phi) is 7.67. The van der Waals surface area contributed by atoms with E-state index in [1.807, 2.05) is 39.0 Å². The molecule has 0 aromatic heterocycles. The predicted octanol–water partition coefficient (Wildman–Crippen LogP) is 3.35. The first kappa shape index (κ1) is 22.7. The van der Waals surface area contributed by atoms with Crippen LogP contribution in [0.3, 0.4) is 0 Å². The third kappa shape index (κ3) is 6.49. The van der Waals surface area contributed by atoms with Crippen LogP contribution in [-0.4, -0.2) is 39.8 Å². The molecule has 0 heterocycles. The lowest BCUT2D eigenvalue weighted by atomic mass is 10.1. The Morgan fingerprint density at radius 3 is 2.28 bits per heavy atom. The maximum atomic E-state index is 12.8. The first-order valence-electron chi connectivity index (χ1n) is 9.66. The molecule has 0 saturated carbocycles. The number of carbonyl (C=O) groups excluding carboxylic acids is 1. The fourth-order valence-corrected chi connectivity index (χ4v) is 4.51. The Balaban J connectivity index is 2.05. The Bertz CT molecular complexity index is 937. The molecule has 1 N–H and O–H groups in total. The van der Waals surface area contributed by atoms with E-state index >= 15 is 0 Å². The average Bonchev–Trinajstić information content (AvgIpc) is 2.61. The molecular weight excluding hydrogens is 388 g/mol. The molecule has 2 aromatic carbocycles. The summed E-state index contributed by atoms with van der Waals surface area (Å²) in [7, 11) is -3.63. The number of carbonyl (C=O) groups is 1. The third-order valence-corrected chi connectivity index (χ3v) is 5.63. The van der Waals surface area contributed by atoms with Gasteiger partial charge in [0.05, 0.1) is 18.5 Å². The molecular formula is C22H30N2O4S. The zero-order valence-electron chi connectivity index (χ0n) is 17.7. The highest BCUT2D eigenvalue weighted by Gasteiger charge is 2.31. The van der Waals surface area contributed by atoms with Crippen LogP contribution in [0.25, 0.3) is 0 Å². The molecule has 0 radical (unpaired) electrons. The molecule has 0 aliphatic heterocycles. The van der Waals surface area contributed by atoms with Gasteiger partial charge < -0.3 is 10.1 Å². The highest BCUT2D eigenvalue weighted by atomic mass is 32.2. The molecule has 0 unspecified atom stereocenters. The van der Waals surface area contributed by atoms with Crippen molar-refractivity contribution in [1.82, 2.24) is 5.32 Å². The van der Waals surface area contributed by atoms with E-state index in [2.05, 4.69) is 11.4 Å². The van der Waals surface area contributed by atoms with E-state index in [-0.39, 0.29) is 12.5 Å². The van der Waals surface area contributed by atoms with Gasteiger partial charge in [0.25, 0.3) is 0 Å². The van der Waals surface area contributed by atoms with Crippen LogP contribution < -0.4 is 14.4 Å². The summed E-state index contributed by atoms with van der Waals surface area (Å²) in [5.74, 6) is 0.407. The zero-order chi connectivity index (χ0) is 21.6. The van der Waals surface area contributed by atoms with Crippen LogP contribution in [0, 0.1) is 20.8 Å². The van der Waals surface area contributed by atoms with E-state index in [1.165, 1.54) is 4.31 Å². The Labute approximate surface area is 173 Å². The van der Waals surface area contributed by atoms with Gasteiger partial charge in [-0.3, -0.25) is 9.10 Å². The number of rotatable bonds is 9. The molecule has 2 aromatic rings. The van der Waals surface area contributed by atoms with Gasteiger partial charge in [0.15, 0.2) is 0 Å². The van der Waals surface area contributed by atoms with E-state index in [1.54, 1.807) is 25.1 Å². The predicted molar refractivity (Wildman–Crippen MR) is 117 cm³/mol. The van der Waals surface area contributed by atoms with Gasteiger partial charge in [-0.1, -0.05) is 25.1 Å². The molecule has 0 spiro atoms. The van der Waals surface area contributed by atoms with Crippen molar-refractivity contribution in [1.29, 1.82) is 0 Å². The first-order chi connectivity index (χ1) is 13.6. The average molecular weight is 419 g/mol. The van der Waals surface area contributed by atoms with Gasteiger partial charge in [-0.2, -0.15) is 0 Å². The number of amides is 1. The second kappa shape index (κ2) is 9.78. The maximum Gasteiger partial charge on any atom is 0.244 e. The maximum absolute atomic E-state index is 12.8. The van der Waals surface area contributed by atoms with Crippen molar-refractivity contribution in [3.8, 4) is 5.75 Å². The van der Waals surface area contributed by atoms with Crippen LogP contribution in [0.2, 0.25) is 0 Å². The number of sulfonamides is 1. The zero-order valence-corrected chi connectivity index (χ0v) is 18.5. The van der Waals surface area contributed by atoms with Crippen LogP contribution >= 0.6 is 0 Å². The van der Waals surface area contributed by atoms with Crippen LogP contribution in [-0.2, 0) is 14.8 Å². The first-order valence-corrected chi connectivity index (χ1v) is 11.5. The second-order valence-electron chi connectivity index (χ2n) is 7.28. The summed E-state index contributed by atoms with van der Waals surface area (Å²) in [4.78, 5) is 12.8. The molecule has 0 aliphatic carbocycles. The second-order valence-corrected chi connectivity index (χ2v) is 9.14. The number of ether oxygens (including phenoxy) is 1. The van der Waals surface area contributed by atoms with Crippen LogP contribution in [0.1, 0.15) is 30.0 Å². The van der Waals surface area contributed by atoms with E-state index in [9.17, 15) is 13.2 Å². The molecule has 158 valence electrons. The van der Waals surface area contributed by atoms with Crippen molar-refractivity contribution in [2.75, 3.05) is 23.7 Å². The summed E-state index contributed by atoms with van der Waals surface area (Å²) in [6.07, 6.45) is 1.47. The summed E-state index contributed by atoms with van der Waals surface area (Å²) in [5.41, 5.74) is 3.63. The highest BCUT2D eigenvalue weighted by molar-refractivity contribution is 7.92. The van der Waals surface area contributed by atoms with Gasteiger partial charge in [-0.25, -0.2) is 8.42 Å². The molecule has 1 atom stereocenters. The molecule has 0 bridgehead atoms. The largest absolute Gasteiger partial charge is 0.492 e. The molecule has 7 heteroatoms. The lowest BCUT2D eigenvalue weighted by Gasteiger charge is -2.30. The fraction of sp³-hybridized carbons (Fsp3) is 0.409. The summed E-state index contributed by atoms with van der Waals surface area (Å²) >= 11 is 0. The number of nitrogens with one attached hydrogen (secondary N) is 1. The minimum atomic E-state index is -3.63. The van der Waals surface area contributed by atoms with Crippen molar-refractivity contribution >= 4 is 21.6 Å². The van der Waals surface area contributed by atoms with Crippen molar-refractivity contribution in [3.05, 3.63) is 59.2 Å². The smallest absolute Gasteiger partial charge is 0.244 e. The fourth-order valence-electron chi connectivity index (χ4n) is 3.30. The summed E-state index contributed by atoms with van der Waals surface area (Å²) in [6, 6.07) is 12.2. The number of benzene rings is 2. The minimum absolute atomic E-state index is 0.285. The SMILES string of the molecule is CC[C@@H](C(=O)NCCOc1cc(C)cc(C)c1)N(c1cccc(C)c1)S(C)(=O)=O. The standard InChI is InChI=1S/C22H30N2O4S/c1-6-21(24(29(5,26)27)19-9-7-8-16(2)13-19)22(25)23-10-11-28-20-14-17(3)12-18(4)15-20/h7-9,12-15,21H,6,10-11H2,1-5H3,(H,23,25)/t21-/m0/s1. The molecule has 0 aliphatic rings. The van der Waals surface area contributed by atoms with Crippen molar-refractivity contribution in [3.63, 3.8) is 0 Å². The number of anilines is 1. The van der Waals surface area contributed by atoms with E-state index in [4.69, 9.17) is 4.74 Å². The molecule has 2 rings (SSSR count). The van der Waals surface area contributed by atoms with Gasteiger partial charge in [0.2, 0.25) is 15.9 Å². The van der Waals surface area contributed by atoms with Gasteiger partial charge in [-0.05, 0) is 68.1 Å². The lowest BCUT2D eigenvalue weighted by molar-refractivity contribution is -0.122. The normalized spacial score (nSPS) is 12.3. The van der Waals surface area contributed by atoms with Gasteiger partial charge in [-0.15, -0.1) is 0 Å². The van der Waals surface area contributed by atoms with Crippen molar-refractivity contribution in [2.45, 2.75) is 40.2 Å². The quantitative estimate of drug-likeness (QED) is 0.634. The number of hydrogen-bond donors (Lipinski definition) is 1. The Hall–Kier alpha value is -2.54. The Morgan fingerprint density at radius 2 is 1.72 bits per heavy atom. The highest BCUT2D eigenvalue weighted by Crippen LogP contribution is 2.23. The summed E-state index contributed by atoms with van der Waals surface area (Å²) in [6.45, 7) is 8.26. The molecule has 29 heavy (non-hydrogen) atoms. The van der Waals surface area contributed by atoms with Gasteiger partial charge in [0.1, 0.15) is 18.4 Å². The topological polar surface area (TPSA) is 75.7 Å². The molecule has 1 amide bonds. The van der Waals surface area contributed by atoms with E-state index in [0.717, 1.165) is 28.7 Å². The number of hydrogen-bond acceptors (Lipinski definition) is 4. The Morgan fingerprint density at radius 1 is 1.07 bits per heavy atom.